The van der Waals surface area contributed by atoms with Crippen LogP contribution in [0.4, 0.5) is 0 Å². The van der Waals surface area contributed by atoms with Gasteiger partial charge in [-0.05, 0) is 26.0 Å². The van der Waals surface area contributed by atoms with Gasteiger partial charge >= 0.3 is 5.97 Å². The Labute approximate surface area is 107 Å². The van der Waals surface area contributed by atoms with E-state index in [2.05, 4.69) is 4.74 Å². The van der Waals surface area contributed by atoms with E-state index in [0.29, 0.717) is 17.2 Å². The summed E-state index contributed by atoms with van der Waals surface area (Å²) < 4.78 is 20.7. The first kappa shape index (κ1) is 14.2. The van der Waals surface area contributed by atoms with E-state index in [1.807, 2.05) is 0 Å². The second-order valence-corrected chi connectivity index (χ2v) is 4.10. The third-order valence-corrected chi connectivity index (χ3v) is 2.41. The first-order valence-electron chi connectivity index (χ1n) is 5.44. The molecule has 18 heavy (non-hydrogen) atoms. The molecule has 1 rings (SSSR count). The summed E-state index contributed by atoms with van der Waals surface area (Å²) in [5, 5.41) is 0. The SMILES string of the molecule is COC(=O)C(C)(C)Oc1cccc(OC)c1OC. The first-order valence-corrected chi connectivity index (χ1v) is 5.44. The maximum Gasteiger partial charge on any atom is 0.349 e. The van der Waals surface area contributed by atoms with Crippen molar-refractivity contribution in [2.75, 3.05) is 21.3 Å². The van der Waals surface area contributed by atoms with Crippen LogP contribution in [0.15, 0.2) is 18.2 Å². The third-order valence-electron chi connectivity index (χ3n) is 2.41. The molecule has 1 aromatic carbocycles. The lowest BCUT2D eigenvalue weighted by atomic mass is 10.1. The summed E-state index contributed by atoms with van der Waals surface area (Å²) >= 11 is 0. The molecule has 0 fully saturated rings. The van der Waals surface area contributed by atoms with Crippen molar-refractivity contribution in [3.05, 3.63) is 18.2 Å². The minimum absolute atomic E-state index is 0.423. The Morgan fingerprint density at radius 1 is 1.06 bits per heavy atom. The maximum atomic E-state index is 11.6. The highest BCUT2D eigenvalue weighted by atomic mass is 16.6. The summed E-state index contributed by atoms with van der Waals surface area (Å²) in [6, 6.07) is 5.20. The van der Waals surface area contributed by atoms with Gasteiger partial charge in [0.1, 0.15) is 0 Å². The number of esters is 1. The van der Waals surface area contributed by atoms with Crippen molar-refractivity contribution in [1.82, 2.24) is 0 Å². The minimum atomic E-state index is -1.10. The fourth-order valence-electron chi connectivity index (χ4n) is 1.50. The molecule has 0 aliphatic rings. The number of methoxy groups -OCH3 is 3. The van der Waals surface area contributed by atoms with Crippen molar-refractivity contribution in [1.29, 1.82) is 0 Å². The Balaban J connectivity index is 3.07. The average Bonchev–Trinajstić information content (AvgIpc) is 2.36. The number of carbonyl (C=O) groups excluding carboxylic acids is 1. The fraction of sp³-hybridized carbons (Fsp3) is 0.462. The van der Waals surface area contributed by atoms with Crippen molar-refractivity contribution in [2.45, 2.75) is 19.4 Å². The Kier molecular flexibility index (Phi) is 4.42. The largest absolute Gasteiger partial charge is 0.493 e. The van der Waals surface area contributed by atoms with E-state index >= 15 is 0 Å². The highest BCUT2D eigenvalue weighted by Crippen LogP contribution is 2.38. The van der Waals surface area contributed by atoms with Gasteiger partial charge in [0, 0.05) is 0 Å². The van der Waals surface area contributed by atoms with E-state index in [0.717, 1.165) is 0 Å². The average molecular weight is 254 g/mol. The van der Waals surface area contributed by atoms with E-state index in [4.69, 9.17) is 14.2 Å². The van der Waals surface area contributed by atoms with Crippen LogP contribution in [0.25, 0.3) is 0 Å². The molecular formula is C13H18O5. The molecule has 100 valence electrons. The molecule has 0 bridgehead atoms. The quantitative estimate of drug-likeness (QED) is 0.752. The zero-order chi connectivity index (χ0) is 13.8. The maximum absolute atomic E-state index is 11.6. The number of para-hydroxylation sites is 1. The van der Waals surface area contributed by atoms with Crippen LogP contribution in [0.2, 0.25) is 0 Å². The van der Waals surface area contributed by atoms with Gasteiger partial charge in [0.15, 0.2) is 17.1 Å². The summed E-state index contributed by atoms with van der Waals surface area (Å²) in [5.74, 6) is 0.937. The number of ether oxygens (including phenoxy) is 4. The van der Waals surface area contributed by atoms with Gasteiger partial charge in [-0.1, -0.05) is 6.07 Å². The number of benzene rings is 1. The molecule has 1 aromatic rings. The van der Waals surface area contributed by atoms with E-state index in [1.54, 1.807) is 32.0 Å². The van der Waals surface area contributed by atoms with Crippen LogP contribution in [0.3, 0.4) is 0 Å². The fourth-order valence-corrected chi connectivity index (χ4v) is 1.50. The van der Waals surface area contributed by atoms with E-state index in [9.17, 15) is 4.79 Å². The van der Waals surface area contributed by atoms with Gasteiger partial charge in [0.2, 0.25) is 5.75 Å². The van der Waals surface area contributed by atoms with Crippen LogP contribution >= 0.6 is 0 Å². The lowest BCUT2D eigenvalue weighted by Crippen LogP contribution is -2.39. The topological polar surface area (TPSA) is 54.0 Å². The van der Waals surface area contributed by atoms with Gasteiger partial charge in [-0.3, -0.25) is 0 Å². The van der Waals surface area contributed by atoms with Crippen molar-refractivity contribution in [2.24, 2.45) is 0 Å². The van der Waals surface area contributed by atoms with Crippen molar-refractivity contribution in [3.8, 4) is 17.2 Å². The zero-order valence-electron chi connectivity index (χ0n) is 11.3. The molecule has 0 heterocycles. The van der Waals surface area contributed by atoms with Gasteiger partial charge in [-0.15, -0.1) is 0 Å². The lowest BCUT2D eigenvalue weighted by molar-refractivity contribution is -0.156. The van der Waals surface area contributed by atoms with Crippen LogP contribution in [0.1, 0.15) is 13.8 Å². The number of hydrogen-bond acceptors (Lipinski definition) is 5. The molecule has 0 saturated heterocycles. The summed E-state index contributed by atoms with van der Waals surface area (Å²) in [4.78, 5) is 11.6. The zero-order valence-corrected chi connectivity index (χ0v) is 11.3. The van der Waals surface area contributed by atoms with Crippen LogP contribution in [0, 0.1) is 0 Å². The molecule has 0 radical (unpaired) electrons. The van der Waals surface area contributed by atoms with Gasteiger partial charge in [-0.2, -0.15) is 0 Å². The summed E-state index contributed by atoms with van der Waals surface area (Å²) in [7, 11) is 4.36. The van der Waals surface area contributed by atoms with Gasteiger partial charge < -0.3 is 18.9 Å². The second kappa shape index (κ2) is 5.62. The molecule has 0 aromatic heterocycles. The Bertz CT molecular complexity index is 425. The van der Waals surface area contributed by atoms with Crippen molar-refractivity contribution in [3.63, 3.8) is 0 Å². The molecule has 0 spiro atoms. The van der Waals surface area contributed by atoms with Crippen LogP contribution in [-0.4, -0.2) is 32.9 Å². The third kappa shape index (κ3) is 2.85. The number of rotatable bonds is 5. The smallest absolute Gasteiger partial charge is 0.349 e. The minimum Gasteiger partial charge on any atom is -0.493 e. The monoisotopic (exact) mass is 254 g/mol. The molecule has 0 aliphatic heterocycles. The molecule has 0 amide bonds. The normalized spacial score (nSPS) is 10.7. The Hall–Kier alpha value is -1.91. The molecule has 0 aliphatic carbocycles. The van der Waals surface area contributed by atoms with Gasteiger partial charge in [0.05, 0.1) is 21.3 Å². The van der Waals surface area contributed by atoms with Crippen molar-refractivity contribution >= 4 is 5.97 Å². The molecule has 0 unspecified atom stereocenters. The summed E-state index contributed by atoms with van der Waals surface area (Å²) in [6.45, 7) is 3.25. The highest BCUT2D eigenvalue weighted by Gasteiger charge is 2.32. The molecule has 5 nitrogen and oxygen atoms in total. The molecule has 0 N–H and O–H groups in total. The number of carbonyl (C=O) groups is 1. The van der Waals surface area contributed by atoms with E-state index < -0.39 is 11.6 Å². The molecule has 0 atom stereocenters. The standard InChI is InChI=1S/C13H18O5/c1-13(2,12(14)17-5)18-10-8-6-7-9(15-3)11(10)16-4/h6-8H,1-5H3. The van der Waals surface area contributed by atoms with E-state index in [-0.39, 0.29) is 0 Å². The Morgan fingerprint density at radius 2 is 1.67 bits per heavy atom. The highest BCUT2D eigenvalue weighted by molar-refractivity contribution is 5.79. The Morgan fingerprint density at radius 3 is 2.17 bits per heavy atom. The number of hydrogen-bond donors (Lipinski definition) is 0. The first-order chi connectivity index (χ1) is 8.46. The molecule has 0 saturated carbocycles. The van der Waals surface area contributed by atoms with Crippen molar-refractivity contribution < 1.29 is 23.7 Å². The summed E-state index contributed by atoms with van der Waals surface area (Å²) in [6.07, 6.45) is 0. The second-order valence-electron chi connectivity index (χ2n) is 4.10. The molecular weight excluding hydrogens is 236 g/mol. The van der Waals surface area contributed by atoms with Crippen LogP contribution in [0.5, 0.6) is 17.2 Å². The predicted molar refractivity (Wildman–Crippen MR) is 66.3 cm³/mol. The summed E-state index contributed by atoms with van der Waals surface area (Å²) in [5.41, 5.74) is -1.10. The van der Waals surface area contributed by atoms with E-state index in [1.165, 1.54) is 21.3 Å². The van der Waals surface area contributed by atoms with Gasteiger partial charge in [0.25, 0.3) is 0 Å². The molecule has 5 heteroatoms. The predicted octanol–water partition coefficient (Wildman–Crippen LogP) is 2.03. The van der Waals surface area contributed by atoms with Crippen LogP contribution < -0.4 is 14.2 Å². The van der Waals surface area contributed by atoms with Crippen LogP contribution in [-0.2, 0) is 9.53 Å². The lowest BCUT2D eigenvalue weighted by Gasteiger charge is -2.24. The van der Waals surface area contributed by atoms with Gasteiger partial charge in [-0.25, -0.2) is 4.79 Å².